The molecule has 0 spiro atoms. The standard InChI is InChI=1S/C14H16BrN3/c1-18(9-11-4-6-13(15)7-5-11)10-12-3-2-8-17-14(12)16/h2-8H,9-10H2,1H3,(H2,16,17). The van der Waals surface area contributed by atoms with E-state index in [1.165, 1.54) is 5.56 Å². The zero-order valence-electron chi connectivity index (χ0n) is 10.3. The Morgan fingerprint density at radius 2 is 1.89 bits per heavy atom. The number of nitrogens with zero attached hydrogens (tertiary/aromatic N) is 2. The minimum Gasteiger partial charge on any atom is -0.383 e. The zero-order chi connectivity index (χ0) is 13.0. The largest absolute Gasteiger partial charge is 0.383 e. The Kier molecular flexibility index (Phi) is 4.33. The molecule has 2 rings (SSSR count). The first-order valence-corrected chi connectivity index (χ1v) is 6.57. The van der Waals surface area contributed by atoms with E-state index >= 15 is 0 Å². The van der Waals surface area contributed by atoms with Gasteiger partial charge in [-0.05, 0) is 30.8 Å². The quantitative estimate of drug-likeness (QED) is 0.944. The highest BCUT2D eigenvalue weighted by atomic mass is 79.9. The molecule has 94 valence electrons. The summed E-state index contributed by atoms with van der Waals surface area (Å²) in [7, 11) is 2.08. The van der Waals surface area contributed by atoms with Crippen molar-refractivity contribution in [2.75, 3.05) is 12.8 Å². The van der Waals surface area contributed by atoms with Crippen molar-refractivity contribution in [1.82, 2.24) is 9.88 Å². The van der Waals surface area contributed by atoms with E-state index in [-0.39, 0.29) is 0 Å². The first-order chi connectivity index (χ1) is 8.65. The Balaban J connectivity index is 1.99. The summed E-state index contributed by atoms with van der Waals surface area (Å²) in [5.41, 5.74) is 8.19. The summed E-state index contributed by atoms with van der Waals surface area (Å²) in [5, 5.41) is 0. The second kappa shape index (κ2) is 5.98. The second-order valence-corrected chi connectivity index (χ2v) is 5.26. The maximum atomic E-state index is 5.84. The average Bonchev–Trinajstić information content (AvgIpc) is 2.35. The van der Waals surface area contributed by atoms with Crippen LogP contribution in [0.25, 0.3) is 0 Å². The maximum Gasteiger partial charge on any atom is 0.127 e. The van der Waals surface area contributed by atoms with Crippen LogP contribution in [0, 0.1) is 0 Å². The van der Waals surface area contributed by atoms with Crippen LogP contribution < -0.4 is 5.73 Å². The summed E-state index contributed by atoms with van der Waals surface area (Å²) in [5.74, 6) is 0.611. The third-order valence-electron chi connectivity index (χ3n) is 2.73. The van der Waals surface area contributed by atoms with Gasteiger partial charge in [0.2, 0.25) is 0 Å². The van der Waals surface area contributed by atoms with Crippen LogP contribution in [0.3, 0.4) is 0 Å². The minimum absolute atomic E-state index is 0.611. The lowest BCUT2D eigenvalue weighted by Gasteiger charge is -2.17. The molecule has 0 aliphatic heterocycles. The number of hydrogen-bond donors (Lipinski definition) is 1. The van der Waals surface area contributed by atoms with Gasteiger partial charge in [-0.2, -0.15) is 0 Å². The van der Waals surface area contributed by atoms with E-state index in [4.69, 9.17) is 5.73 Å². The third-order valence-corrected chi connectivity index (χ3v) is 3.26. The van der Waals surface area contributed by atoms with E-state index in [0.717, 1.165) is 23.1 Å². The molecule has 3 nitrogen and oxygen atoms in total. The predicted octanol–water partition coefficient (Wildman–Crippen LogP) is 3.06. The van der Waals surface area contributed by atoms with Crippen molar-refractivity contribution in [2.24, 2.45) is 0 Å². The lowest BCUT2D eigenvalue weighted by atomic mass is 10.2. The van der Waals surface area contributed by atoms with Crippen molar-refractivity contribution in [3.8, 4) is 0 Å². The number of aromatic nitrogens is 1. The van der Waals surface area contributed by atoms with Crippen molar-refractivity contribution in [2.45, 2.75) is 13.1 Å². The van der Waals surface area contributed by atoms with E-state index in [1.807, 2.05) is 12.1 Å². The van der Waals surface area contributed by atoms with Crippen LogP contribution in [-0.2, 0) is 13.1 Å². The van der Waals surface area contributed by atoms with E-state index in [1.54, 1.807) is 6.20 Å². The van der Waals surface area contributed by atoms with E-state index in [2.05, 4.69) is 57.1 Å². The molecule has 0 aliphatic rings. The molecule has 0 radical (unpaired) electrons. The maximum absolute atomic E-state index is 5.84. The van der Waals surface area contributed by atoms with Gasteiger partial charge in [-0.25, -0.2) is 4.98 Å². The molecule has 0 amide bonds. The van der Waals surface area contributed by atoms with Gasteiger partial charge in [0.1, 0.15) is 5.82 Å². The molecule has 0 aliphatic carbocycles. The highest BCUT2D eigenvalue weighted by Gasteiger charge is 2.04. The monoisotopic (exact) mass is 305 g/mol. The van der Waals surface area contributed by atoms with Crippen molar-refractivity contribution < 1.29 is 0 Å². The minimum atomic E-state index is 0.611. The molecule has 2 N–H and O–H groups in total. The molecule has 4 heteroatoms. The van der Waals surface area contributed by atoms with Crippen molar-refractivity contribution >= 4 is 21.7 Å². The fraction of sp³-hybridized carbons (Fsp3) is 0.214. The molecule has 1 heterocycles. The number of nitrogen functional groups attached to an aromatic ring is 1. The lowest BCUT2D eigenvalue weighted by Crippen LogP contribution is -2.18. The number of benzene rings is 1. The number of nitrogens with two attached hydrogens (primary N) is 1. The predicted molar refractivity (Wildman–Crippen MR) is 78.0 cm³/mol. The van der Waals surface area contributed by atoms with Gasteiger partial charge in [0, 0.05) is 29.3 Å². The summed E-state index contributed by atoms with van der Waals surface area (Å²) in [6, 6.07) is 12.3. The van der Waals surface area contributed by atoms with Crippen LogP contribution in [0.2, 0.25) is 0 Å². The van der Waals surface area contributed by atoms with Gasteiger partial charge in [0.15, 0.2) is 0 Å². The molecule has 0 atom stereocenters. The Morgan fingerprint density at radius 3 is 2.56 bits per heavy atom. The number of pyridine rings is 1. The Morgan fingerprint density at radius 1 is 1.17 bits per heavy atom. The average molecular weight is 306 g/mol. The smallest absolute Gasteiger partial charge is 0.127 e. The number of rotatable bonds is 4. The Hall–Kier alpha value is -1.39. The van der Waals surface area contributed by atoms with E-state index in [9.17, 15) is 0 Å². The van der Waals surface area contributed by atoms with Crippen molar-refractivity contribution in [3.63, 3.8) is 0 Å². The third kappa shape index (κ3) is 3.55. The van der Waals surface area contributed by atoms with Crippen LogP contribution in [0.4, 0.5) is 5.82 Å². The Bertz CT molecular complexity index is 511. The molecule has 0 saturated carbocycles. The van der Waals surface area contributed by atoms with Crippen molar-refractivity contribution in [1.29, 1.82) is 0 Å². The first-order valence-electron chi connectivity index (χ1n) is 5.77. The van der Waals surface area contributed by atoms with Crippen LogP contribution in [0.15, 0.2) is 47.1 Å². The topological polar surface area (TPSA) is 42.2 Å². The summed E-state index contributed by atoms with van der Waals surface area (Å²) in [6.45, 7) is 1.69. The summed E-state index contributed by atoms with van der Waals surface area (Å²) >= 11 is 3.44. The molecule has 0 unspecified atom stereocenters. The molecule has 0 bridgehead atoms. The Labute approximate surface area is 116 Å². The summed E-state index contributed by atoms with van der Waals surface area (Å²) in [4.78, 5) is 6.31. The van der Waals surface area contributed by atoms with Gasteiger partial charge in [-0.15, -0.1) is 0 Å². The highest BCUT2D eigenvalue weighted by molar-refractivity contribution is 9.10. The first kappa shape index (κ1) is 13.1. The highest BCUT2D eigenvalue weighted by Crippen LogP contribution is 2.14. The lowest BCUT2D eigenvalue weighted by molar-refractivity contribution is 0.319. The summed E-state index contributed by atoms with van der Waals surface area (Å²) < 4.78 is 1.10. The van der Waals surface area contributed by atoms with Gasteiger partial charge < -0.3 is 5.73 Å². The molecule has 1 aromatic heterocycles. The SMILES string of the molecule is CN(Cc1ccc(Br)cc1)Cc1cccnc1N. The van der Waals surface area contributed by atoms with Crippen molar-refractivity contribution in [3.05, 3.63) is 58.2 Å². The fourth-order valence-electron chi connectivity index (χ4n) is 1.83. The van der Waals surface area contributed by atoms with Gasteiger partial charge >= 0.3 is 0 Å². The molecular weight excluding hydrogens is 290 g/mol. The fourth-order valence-corrected chi connectivity index (χ4v) is 2.10. The number of anilines is 1. The van der Waals surface area contributed by atoms with Crippen LogP contribution in [0.5, 0.6) is 0 Å². The second-order valence-electron chi connectivity index (χ2n) is 4.35. The molecule has 2 aromatic rings. The number of hydrogen-bond acceptors (Lipinski definition) is 3. The van der Waals surface area contributed by atoms with Gasteiger partial charge in [-0.3, -0.25) is 4.90 Å². The van der Waals surface area contributed by atoms with E-state index in [0.29, 0.717) is 5.82 Å². The van der Waals surface area contributed by atoms with Crippen LogP contribution in [-0.4, -0.2) is 16.9 Å². The summed E-state index contributed by atoms with van der Waals surface area (Å²) in [6.07, 6.45) is 1.72. The van der Waals surface area contributed by atoms with Gasteiger partial charge in [0.05, 0.1) is 0 Å². The molecule has 0 saturated heterocycles. The molecule has 1 aromatic carbocycles. The van der Waals surface area contributed by atoms with Gasteiger partial charge in [0.25, 0.3) is 0 Å². The molecular formula is C14H16BrN3. The zero-order valence-corrected chi connectivity index (χ0v) is 11.9. The van der Waals surface area contributed by atoms with Crippen LogP contribution in [0.1, 0.15) is 11.1 Å². The van der Waals surface area contributed by atoms with Crippen LogP contribution >= 0.6 is 15.9 Å². The van der Waals surface area contributed by atoms with E-state index < -0.39 is 0 Å². The van der Waals surface area contributed by atoms with Gasteiger partial charge in [-0.1, -0.05) is 34.1 Å². The number of halogens is 1. The normalized spacial score (nSPS) is 10.8. The molecule has 18 heavy (non-hydrogen) atoms. The molecule has 0 fully saturated rings.